The van der Waals surface area contributed by atoms with E-state index in [4.69, 9.17) is 0 Å². The lowest BCUT2D eigenvalue weighted by Crippen LogP contribution is -2.52. The van der Waals surface area contributed by atoms with Crippen LogP contribution in [-0.2, 0) is 32.6 Å². The number of sulfonamides is 1. The van der Waals surface area contributed by atoms with E-state index < -0.39 is 16.1 Å². The third-order valence-electron chi connectivity index (χ3n) is 7.19. The highest BCUT2D eigenvalue weighted by Gasteiger charge is 2.31. The second-order valence-electron chi connectivity index (χ2n) is 10.8. The number of anilines is 1. The number of rotatable bonds is 14. The molecule has 0 saturated carbocycles. The molecule has 41 heavy (non-hydrogen) atoms. The zero-order valence-corrected chi connectivity index (χ0v) is 25.7. The molecule has 8 heteroatoms. The van der Waals surface area contributed by atoms with Crippen molar-refractivity contribution in [1.82, 2.24) is 10.2 Å². The van der Waals surface area contributed by atoms with Gasteiger partial charge in [0.25, 0.3) is 0 Å². The molecule has 0 aliphatic carbocycles. The Balaban J connectivity index is 1.89. The Morgan fingerprint density at radius 1 is 0.878 bits per heavy atom. The number of carbonyl (C=O) groups excluding carboxylic acids is 2. The van der Waals surface area contributed by atoms with Gasteiger partial charge in [-0.2, -0.15) is 0 Å². The Bertz CT molecular complexity index is 1390. The first-order chi connectivity index (χ1) is 19.5. The van der Waals surface area contributed by atoms with E-state index in [0.29, 0.717) is 18.5 Å². The number of nitrogens with one attached hydrogen (secondary N) is 1. The quantitative estimate of drug-likeness (QED) is 0.278. The van der Waals surface area contributed by atoms with Crippen LogP contribution in [0.15, 0.2) is 78.9 Å². The molecule has 2 atom stereocenters. The van der Waals surface area contributed by atoms with Crippen molar-refractivity contribution in [2.24, 2.45) is 0 Å². The average molecular weight is 578 g/mol. The van der Waals surface area contributed by atoms with Gasteiger partial charge in [-0.1, -0.05) is 79.2 Å². The second-order valence-corrected chi connectivity index (χ2v) is 12.7. The van der Waals surface area contributed by atoms with Crippen molar-refractivity contribution < 1.29 is 18.0 Å². The van der Waals surface area contributed by atoms with Crippen LogP contribution in [0.3, 0.4) is 0 Å². The van der Waals surface area contributed by atoms with Crippen LogP contribution in [0.2, 0.25) is 0 Å². The smallest absolute Gasteiger partial charge is 0.243 e. The van der Waals surface area contributed by atoms with Gasteiger partial charge in [0.2, 0.25) is 21.8 Å². The maximum atomic E-state index is 13.9. The molecule has 0 saturated heterocycles. The van der Waals surface area contributed by atoms with Crippen LogP contribution in [0.25, 0.3) is 0 Å². The number of nitrogens with zero attached hydrogens (tertiary/aromatic N) is 2. The summed E-state index contributed by atoms with van der Waals surface area (Å²) in [5, 5.41) is 3.08. The zero-order chi connectivity index (χ0) is 30.0. The van der Waals surface area contributed by atoms with Gasteiger partial charge < -0.3 is 10.2 Å². The Morgan fingerprint density at radius 3 is 2.17 bits per heavy atom. The summed E-state index contributed by atoms with van der Waals surface area (Å²) in [5.41, 5.74) is 4.52. The van der Waals surface area contributed by atoms with E-state index in [9.17, 15) is 18.0 Å². The number of carbonyl (C=O) groups is 2. The summed E-state index contributed by atoms with van der Waals surface area (Å²) in [6, 6.07) is 24.2. The van der Waals surface area contributed by atoms with Gasteiger partial charge in [-0.15, -0.1) is 0 Å². The molecule has 3 aromatic rings. The zero-order valence-electron chi connectivity index (χ0n) is 24.8. The van der Waals surface area contributed by atoms with Crippen molar-refractivity contribution in [3.63, 3.8) is 0 Å². The molecule has 2 unspecified atom stereocenters. The summed E-state index contributed by atoms with van der Waals surface area (Å²) in [6.45, 7) is 8.32. The molecular formula is C33H43N3O4S. The molecule has 3 aromatic carbocycles. The molecular weight excluding hydrogens is 534 g/mol. The predicted molar refractivity (Wildman–Crippen MR) is 166 cm³/mol. The fraction of sp³-hybridized carbons (Fsp3) is 0.394. The van der Waals surface area contributed by atoms with E-state index in [1.54, 1.807) is 11.0 Å². The number of amides is 2. The fourth-order valence-corrected chi connectivity index (χ4v) is 5.63. The Hall–Kier alpha value is -3.65. The van der Waals surface area contributed by atoms with Crippen LogP contribution in [0.1, 0.15) is 55.4 Å². The van der Waals surface area contributed by atoms with Crippen molar-refractivity contribution in [3.8, 4) is 0 Å². The second kappa shape index (κ2) is 14.8. The van der Waals surface area contributed by atoms with Gasteiger partial charge in [0.05, 0.1) is 11.9 Å². The molecule has 0 fully saturated rings. The standard InChI is InChI=1S/C33H43N3O4S/c1-6-27(4)34-33(38)31(23-28-13-8-7-9-14-28)35(24-29-19-17-25(2)18-20-29)32(37)16-11-21-36(41(5,39)40)30-15-10-12-26(3)22-30/h7-10,12-15,17-20,22,27,31H,6,11,16,21,23-24H2,1-5H3,(H,34,38). The summed E-state index contributed by atoms with van der Waals surface area (Å²) in [4.78, 5) is 29.2. The Morgan fingerprint density at radius 2 is 1.56 bits per heavy atom. The first kappa shape index (κ1) is 31.9. The number of benzene rings is 3. The highest BCUT2D eigenvalue weighted by atomic mass is 32.2. The molecule has 0 spiro atoms. The van der Waals surface area contributed by atoms with Gasteiger partial charge in [-0.05, 0) is 62.4 Å². The topological polar surface area (TPSA) is 86.8 Å². The average Bonchev–Trinajstić information content (AvgIpc) is 2.93. The summed E-state index contributed by atoms with van der Waals surface area (Å²) < 4.78 is 26.6. The lowest BCUT2D eigenvalue weighted by Gasteiger charge is -2.32. The van der Waals surface area contributed by atoms with Gasteiger partial charge in [-0.25, -0.2) is 8.42 Å². The fourth-order valence-electron chi connectivity index (χ4n) is 4.67. The van der Waals surface area contributed by atoms with Crippen LogP contribution in [-0.4, -0.2) is 50.0 Å². The summed E-state index contributed by atoms with van der Waals surface area (Å²) in [7, 11) is -3.55. The van der Waals surface area contributed by atoms with E-state index in [1.807, 2.05) is 100 Å². The molecule has 3 rings (SSSR count). The third kappa shape index (κ3) is 9.74. The molecule has 0 aliphatic heterocycles. The van der Waals surface area contributed by atoms with Crippen LogP contribution >= 0.6 is 0 Å². The van der Waals surface area contributed by atoms with Gasteiger partial charge in [0, 0.05) is 32.0 Å². The van der Waals surface area contributed by atoms with Gasteiger partial charge >= 0.3 is 0 Å². The monoisotopic (exact) mass is 577 g/mol. The van der Waals surface area contributed by atoms with Gasteiger partial charge in [-0.3, -0.25) is 13.9 Å². The SMILES string of the molecule is CCC(C)NC(=O)C(Cc1ccccc1)N(Cc1ccc(C)cc1)C(=O)CCCN(c1cccc(C)c1)S(C)(=O)=O. The van der Waals surface area contributed by atoms with Crippen molar-refractivity contribution in [2.45, 2.75) is 72.0 Å². The molecule has 0 radical (unpaired) electrons. The lowest BCUT2D eigenvalue weighted by atomic mass is 10.0. The maximum absolute atomic E-state index is 13.9. The van der Waals surface area contributed by atoms with Crippen LogP contribution in [0.5, 0.6) is 0 Å². The minimum atomic E-state index is -3.55. The number of hydrogen-bond donors (Lipinski definition) is 1. The minimum Gasteiger partial charge on any atom is -0.352 e. The first-order valence-corrected chi connectivity index (χ1v) is 16.1. The molecule has 0 heterocycles. The normalized spacial score (nSPS) is 12.8. The Labute approximate surface area is 245 Å². The molecule has 220 valence electrons. The van der Waals surface area contributed by atoms with E-state index >= 15 is 0 Å². The largest absolute Gasteiger partial charge is 0.352 e. The summed E-state index contributed by atoms with van der Waals surface area (Å²) in [6.07, 6.45) is 2.74. The van der Waals surface area contributed by atoms with Crippen molar-refractivity contribution in [1.29, 1.82) is 0 Å². The molecule has 0 aliphatic rings. The summed E-state index contributed by atoms with van der Waals surface area (Å²) >= 11 is 0. The minimum absolute atomic E-state index is 0.0326. The predicted octanol–water partition coefficient (Wildman–Crippen LogP) is 5.40. The number of aryl methyl sites for hydroxylation is 2. The molecule has 2 amide bonds. The van der Waals surface area contributed by atoms with Crippen LogP contribution in [0, 0.1) is 13.8 Å². The van der Waals surface area contributed by atoms with E-state index in [-0.39, 0.29) is 37.4 Å². The molecule has 1 N–H and O–H groups in total. The molecule has 7 nitrogen and oxygen atoms in total. The summed E-state index contributed by atoms with van der Waals surface area (Å²) in [5.74, 6) is -0.385. The van der Waals surface area contributed by atoms with Crippen LogP contribution < -0.4 is 9.62 Å². The molecule has 0 aromatic heterocycles. The first-order valence-electron chi connectivity index (χ1n) is 14.2. The van der Waals surface area contributed by atoms with E-state index in [0.717, 1.165) is 28.7 Å². The maximum Gasteiger partial charge on any atom is 0.243 e. The lowest BCUT2D eigenvalue weighted by molar-refractivity contribution is -0.141. The third-order valence-corrected chi connectivity index (χ3v) is 8.38. The highest BCUT2D eigenvalue weighted by Crippen LogP contribution is 2.21. The highest BCUT2D eigenvalue weighted by molar-refractivity contribution is 7.92. The van der Waals surface area contributed by atoms with Crippen molar-refractivity contribution >= 4 is 27.5 Å². The van der Waals surface area contributed by atoms with Crippen LogP contribution in [0.4, 0.5) is 5.69 Å². The molecule has 0 bridgehead atoms. The van der Waals surface area contributed by atoms with E-state index in [2.05, 4.69) is 5.32 Å². The van der Waals surface area contributed by atoms with Crippen molar-refractivity contribution in [2.75, 3.05) is 17.1 Å². The van der Waals surface area contributed by atoms with Gasteiger partial charge in [0.1, 0.15) is 6.04 Å². The number of hydrogen-bond acceptors (Lipinski definition) is 4. The van der Waals surface area contributed by atoms with Gasteiger partial charge in [0.15, 0.2) is 0 Å². The Kier molecular flexibility index (Phi) is 11.5. The van der Waals surface area contributed by atoms with Crippen molar-refractivity contribution in [3.05, 3.63) is 101 Å². The van der Waals surface area contributed by atoms with E-state index in [1.165, 1.54) is 10.6 Å².